The van der Waals surface area contributed by atoms with Gasteiger partial charge in [0.2, 0.25) is 9.84 Å². The molecule has 6 heteroatoms. The molecule has 2 rings (SSSR count). The number of carbonyl (C=O) groups is 1. The van der Waals surface area contributed by atoms with Gasteiger partial charge in [-0.1, -0.05) is 6.07 Å². The van der Waals surface area contributed by atoms with Gasteiger partial charge in [-0.3, -0.25) is 0 Å². The van der Waals surface area contributed by atoms with E-state index in [1.807, 2.05) is 0 Å². The van der Waals surface area contributed by atoms with E-state index < -0.39 is 15.8 Å². The highest BCUT2D eigenvalue weighted by molar-refractivity contribution is 7.95. The SMILES string of the molecule is COC(=O)C1=CS(=O)(=O)c2ccc(CN)cc21. The van der Waals surface area contributed by atoms with E-state index in [1.165, 1.54) is 13.2 Å². The Morgan fingerprint density at radius 2 is 2.12 bits per heavy atom. The average molecular weight is 253 g/mol. The lowest BCUT2D eigenvalue weighted by Gasteiger charge is -2.04. The Bertz CT molecular complexity index is 616. The van der Waals surface area contributed by atoms with Gasteiger partial charge < -0.3 is 10.5 Å². The number of hydrogen-bond acceptors (Lipinski definition) is 5. The molecule has 0 atom stereocenters. The van der Waals surface area contributed by atoms with Crippen molar-refractivity contribution < 1.29 is 17.9 Å². The molecule has 0 unspecified atom stereocenters. The molecule has 1 aromatic rings. The number of esters is 1. The van der Waals surface area contributed by atoms with E-state index in [9.17, 15) is 13.2 Å². The van der Waals surface area contributed by atoms with Crippen LogP contribution in [0.4, 0.5) is 0 Å². The Morgan fingerprint density at radius 3 is 2.71 bits per heavy atom. The van der Waals surface area contributed by atoms with Gasteiger partial charge in [0.25, 0.3) is 0 Å². The molecule has 2 N–H and O–H groups in total. The van der Waals surface area contributed by atoms with E-state index >= 15 is 0 Å². The van der Waals surface area contributed by atoms with E-state index in [2.05, 4.69) is 4.74 Å². The number of fused-ring (bicyclic) bond motifs is 1. The van der Waals surface area contributed by atoms with Gasteiger partial charge in [0.1, 0.15) is 0 Å². The largest absolute Gasteiger partial charge is 0.465 e. The molecule has 0 spiro atoms. The molecule has 0 saturated carbocycles. The molecule has 0 radical (unpaired) electrons. The third kappa shape index (κ3) is 1.85. The summed E-state index contributed by atoms with van der Waals surface area (Å²) in [6.07, 6.45) is 0. The minimum absolute atomic E-state index is 0.0535. The van der Waals surface area contributed by atoms with E-state index in [0.717, 1.165) is 11.0 Å². The summed E-state index contributed by atoms with van der Waals surface area (Å²) in [5, 5.41) is 0.934. The molecule has 1 aromatic carbocycles. The van der Waals surface area contributed by atoms with Gasteiger partial charge in [0, 0.05) is 12.1 Å². The molecule has 5 nitrogen and oxygen atoms in total. The van der Waals surface area contributed by atoms with Crippen molar-refractivity contribution in [2.75, 3.05) is 7.11 Å². The average Bonchev–Trinajstić information content (AvgIpc) is 2.60. The molecular weight excluding hydrogens is 242 g/mol. The highest BCUT2D eigenvalue weighted by Crippen LogP contribution is 2.34. The lowest BCUT2D eigenvalue weighted by molar-refractivity contribution is -0.133. The van der Waals surface area contributed by atoms with E-state index in [0.29, 0.717) is 5.56 Å². The highest BCUT2D eigenvalue weighted by atomic mass is 32.2. The maximum Gasteiger partial charge on any atom is 0.339 e. The van der Waals surface area contributed by atoms with E-state index in [-0.39, 0.29) is 17.0 Å². The molecule has 0 aromatic heterocycles. The zero-order valence-corrected chi connectivity index (χ0v) is 9.95. The van der Waals surface area contributed by atoms with Crippen molar-refractivity contribution in [3.8, 4) is 0 Å². The van der Waals surface area contributed by atoms with Gasteiger partial charge in [-0.25, -0.2) is 13.2 Å². The number of hydrogen-bond donors (Lipinski definition) is 1. The lowest BCUT2D eigenvalue weighted by atomic mass is 10.0. The molecule has 0 saturated heterocycles. The first-order valence-electron chi connectivity index (χ1n) is 4.88. The standard InChI is InChI=1S/C11H11NO4S/c1-16-11(13)9-6-17(14,15)10-3-2-7(5-12)4-8(9)10/h2-4,6H,5,12H2,1H3. The number of sulfone groups is 1. The van der Waals surface area contributed by atoms with Crippen molar-refractivity contribution >= 4 is 21.4 Å². The van der Waals surface area contributed by atoms with Crippen LogP contribution in [-0.2, 0) is 25.9 Å². The third-order valence-electron chi connectivity index (χ3n) is 2.55. The van der Waals surface area contributed by atoms with Gasteiger partial charge in [-0.15, -0.1) is 0 Å². The van der Waals surface area contributed by atoms with Crippen LogP contribution < -0.4 is 5.73 Å². The molecule has 0 fully saturated rings. The number of benzene rings is 1. The first-order chi connectivity index (χ1) is 7.99. The quantitative estimate of drug-likeness (QED) is 0.773. The van der Waals surface area contributed by atoms with Gasteiger partial charge in [-0.2, -0.15) is 0 Å². The van der Waals surface area contributed by atoms with Crippen LogP contribution in [0.25, 0.3) is 5.57 Å². The van der Waals surface area contributed by atoms with Gasteiger partial charge in [0.05, 0.1) is 23.0 Å². The predicted molar refractivity (Wildman–Crippen MR) is 61.5 cm³/mol. The molecule has 90 valence electrons. The minimum atomic E-state index is -3.54. The minimum Gasteiger partial charge on any atom is -0.465 e. The zero-order chi connectivity index (χ0) is 12.6. The topological polar surface area (TPSA) is 86.5 Å². The van der Waals surface area contributed by atoms with Crippen LogP contribution in [0.3, 0.4) is 0 Å². The fourth-order valence-electron chi connectivity index (χ4n) is 1.71. The number of nitrogens with two attached hydrogens (primary N) is 1. The van der Waals surface area contributed by atoms with Crippen LogP contribution in [-0.4, -0.2) is 21.5 Å². The van der Waals surface area contributed by atoms with Crippen molar-refractivity contribution in [2.24, 2.45) is 5.73 Å². The maximum atomic E-state index is 11.8. The van der Waals surface area contributed by atoms with E-state index in [1.54, 1.807) is 12.1 Å². The van der Waals surface area contributed by atoms with Crippen LogP contribution in [0.1, 0.15) is 11.1 Å². The van der Waals surface area contributed by atoms with Crippen molar-refractivity contribution in [2.45, 2.75) is 11.4 Å². The maximum absolute atomic E-state index is 11.8. The molecule has 1 aliphatic heterocycles. The summed E-state index contributed by atoms with van der Waals surface area (Å²) in [6, 6.07) is 4.69. The molecule has 1 aliphatic rings. The number of ether oxygens (including phenoxy) is 1. The van der Waals surface area contributed by atoms with Crippen molar-refractivity contribution in [1.29, 1.82) is 0 Å². The second-order valence-corrected chi connectivity index (χ2v) is 5.37. The fourth-order valence-corrected chi connectivity index (χ4v) is 3.11. The second-order valence-electron chi connectivity index (χ2n) is 3.60. The molecule has 17 heavy (non-hydrogen) atoms. The van der Waals surface area contributed by atoms with Gasteiger partial charge in [0.15, 0.2) is 0 Å². The molecule has 0 aliphatic carbocycles. The molecular formula is C11H11NO4S. The number of methoxy groups -OCH3 is 1. The summed E-state index contributed by atoms with van der Waals surface area (Å²) in [7, 11) is -2.33. The normalized spacial score (nSPS) is 16.2. The zero-order valence-electron chi connectivity index (χ0n) is 9.14. The second kappa shape index (κ2) is 3.97. The summed E-state index contributed by atoms with van der Waals surface area (Å²) in [5.41, 5.74) is 6.65. The Kier molecular flexibility index (Phi) is 2.76. The van der Waals surface area contributed by atoms with Crippen LogP contribution >= 0.6 is 0 Å². The predicted octanol–water partition coefficient (Wildman–Crippen LogP) is 0.446. The van der Waals surface area contributed by atoms with Crippen LogP contribution in [0.2, 0.25) is 0 Å². The first-order valence-corrected chi connectivity index (χ1v) is 6.42. The van der Waals surface area contributed by atoms with Crippen LogP contribution in [0.15, 0.2) is 28.5 Å². The Hall–Kier alpha value is -1.66. The summed E-state index contributed by atoms with van der Waals surface area (Å²) in [6.45, 7) is 0.280. The molecule has 0 amide bonds. The van der Waals surface area contributed by atoms with Crippen LogP contribution in [0, 0.1) is 0 Å². The van der Waals surface area contributed by atoms with Crippen molar-refractivity contribution in [1.82, 2.24) is 0 Å². The van der Waals surface area contributed by atoms with Crippen molar-refractivity contribution in [3.63, 3.8) is 0 Å². The fraction of sp³-hybridized carbons (Fsp3) is 0.182. The monoisotopic (exact) mass is 253 g/mol. The highest BCUT2D eigenvalue weighted by Gasteiger charge is 2.31. The third-order valence-corrected chi connectivity index (χ3v) is 4.07. The Balaban J connectivity index is 2.67. The van der Waals surface area contributed by atoms with Gasteiger partial charge >= 0.3 is 5.97 Å². The van der Waals surface area contributed by atoms with Gasteiger partial charge in [-0.05, 0) is 17.7 Å². The molecule has 0 bridgehead atoms. The number of rotatable bonds is 2. The molecule has 1 heterocycles. The Labute approximate surface area is 98.8 Å². The summed E-state index contributed by atoms with van der Waals surface area (Å²) in [5.74, 6) is -0.665. The smallest absolute Gasteiger partial charge is 0.339 e. The van der Waals surface area contributed by atoms with Crippen molar-refractivity contribution in [3.05, 3.63) is 34.7 Å². The number of carbonyl (C=O) groups excluding carboxylic acids is 1. The van der Waals surface area contributed by atoms with E-state index in [4.69, 9.17) is 5.73 Å². The first kappa shape index (κ1) is 11.8. The van der Waals surface area contributed by atoms with Crippen LogP contribution in [0.5, 0.6) is 0 Å². The lowest BCUT2D eigenvalue weighted by Crippen LogP contribution is -2.04. The summed E-state index contributed by atoms with van der Waals surface area (Å²) < 4.78 is 28.1. The summed E-state index contributed by atoms with van der Waals surface area (Å²) in [4.78, 5) is 11.6. The summed E-state index contributed by atoms with van der Waals surface area (Å²) >= 11 is 0. The Morgan fingerprint density at radius 1 is 1.41 bits per heavy atom.